The van der Waals surface area contributed by atoms with Gasteiger partial charge in [0.2, 0.25) is 0 Å². The van der Waals surface area contributed by atoms with Gasteiger partial charge in [0.05, 0.1) is 4.87 Å². The Hall–Kier alpha value is -1.69. The van der Waals surface area contributed by atoms with Crippen molar-refractivity contribution in [1.82, 2.24) is 4.90 Å². The molecule has 1 heterocycles. The molecular formula is C16H21NO4S. The number of nitrogens with zero attached hydrogens (tertiary/aromatic N) is 1. The number of carboxylic acids is 1. The first-order valence-corrected chi connectivity index (χ1v) is 8.39. The van der Waals surface area contributed by atoms with Crippen molar-refractivity contribution in [2.24, 2.45) is 0 Å². The van der Waals surface area contributed by atoms with Gasteiger partial charge < -0.3 is 9.84 Å². The Kier molecular flexibility index (Phi) is 5.34. The molecule has 1 aromatic rings. The van der Waals surface area contributed by atoms with Crippen LogP contribution in [0.4, 0.5) is 4.79 Å². The molecular weight excluding hydrogens is 302 g/mol. The van der Waals surface area contributed by atoms with Crippen LogP contribution in [0.5, 0.6) is 0 Å². The van der Waals surface area contributed by atoms with Gasteiger partial charge in [0.25, 0.3) is 0 Å². The number of carboxylic acid groups (broad SMARTS) is 1. The number of benzene rings is 1. The maximum absolute atomic E-state index is 12.5. The lowest BCUT2D eigenvalue weighted by molar-refractivity contribution is -0.142. The van der Waals surface area contributed by atoms with Crippen LogP contribution in [0.25, 0.3) is 0 Å². The van der Waals surface area contributed by atoms with Crippen molar-refractivity contribution in [3.63, 3.8) is 0 Å². The topological polar surface area (TPSA) is 66.8 Å². The highest BCUT2D eigenvalue weighted by molar-refractivity contribution is 8.01. The second-order valence-electron chi connectivity index (χ2n) is 5.23. The normalized spacial score (nSPS) is 19.9. The molecule has 0 spiro atoms. The van der Waals surface area contributed by atoms with Crippen LogP contribution in [-0.2, 0) is 16.1 Å². The molecule has 6 heteroatoms. The van der Waals surface area contributed by atoms with Crippen molar-refractivity contribution in [3.05, 3.63) is 35.9 Å². The minimum absolute atomic E-state index is 0.149. The van der Waals surface area contributed by atoms with Gasteiger partial charge in [-0.25, -0.2) is 9.59 Å². The van der Waals surface area contributed by atoms with E-state index in [0.29, 0.717) is 18.6 Å². The summed E-state index contributed by atoms with van der Waals surface area (Å²) >= 11 is 1.53. The van der Waals surface area contributed by atoms with Crippen molar-refractivity contribution in [3.8, 4) is 0 Å². The highest BCUT2D eigenvalue weighted by atomic mass is 32.2. The molecule has 0 aromatic heterocycles. The molecule has 1 unspecified atom stereocenters. The number of thioether (sulfide) groups is 1. The number of ether oxygens (including phenoxy) is 1. The SMILES string of the molecule is CCC1(CC)SCC(C(=O)O)N1C(=O)OCc1ccccc1. The number of rotatable bonds is 5. The molecule has 0 saturated carbocycles. The fraction of sp³-hybridized carbons (Fsp3) is 0.500. The quantitative estimate of drug-likeness (QED) is 0.900. The lowest BCUT2D eigenvalue weighted by atomic mass is 10.1. The summed E-state index contributed by atoms with van der Waals surface area (Å²) < 4.78 is 5.36. The average Bonchev–Trinajstić information content (AvgIpc) is 2.94. The Balaban J connectivity index is 2.13. The summed E-state index contributed by atoms with van der Waals surface area (Å²) in [4.78, 5) is 24.9. The van der Waals surface area contributed by atoms with Crippen LogP contribution in [0.2, 0.25) is 0 Å². The Morgan fingerprint density at radius 2 is 1.95 bits per heavy atom. The minimum Gasteiger partial charge on any atom is -0.480 e. The lowest BCUT2D eigenvalue weighted by Gasteiger charge is -2.37. The third kappa shape index (κ3) is 3.21. The Bertz CT molecular complexity index is 530. The molecule has 0 bridgehead atoms. The summed E-state index contributed by atoms with van der Waals surface area (Å²) in [7, 11) is 0. The molecule has 1 atom stereocenters. The van der Waals surface area contributed by atoms with E-state index >= 15 is 0 Å². The predicted molar refractivity (Wildman–Crippen MR) is 85.7 cm³/mol. The summed E-state index contributed by atoms with van der Waals surface area (Å²) in [6, 6.07) is 8.55. The second kappa shape index (κ2) is 7.05. The molecule has 0 aliphatic carbocycles. The van der Waals surface area contributed by atoms with Crippen molar-refractivity contribution in [1.29, 1.82) is 0 Å². The van der Waals surface area contributed by atoms with Gasteiger partial charge in [-0.3, -0.25) is 4.90 Å². The highest BCUT2D eigenvalue weighted by Crippen LogP contribution is 2.44. The van der Waals surface area contributed by atoms with E-state index in [1.54, 1.807) is 0 Å². The minimum atomic E-state index is -0.979. The number of carbonyl (C=O) groups is 2. The Morgan fingerprint density at radius 1 is 1.32 bits per heavy atom. The number of amides is 1. The summed E-state index contributed by atoms with van der Waals surface area (Å²) in [6.07, 6.45) is 0.835. The summed E-state index contributed by atoms with van der Waals surface area (Å²) in [6.45, 7) is 4.09. The first kappa shape index (κ1) is 16.7. The van der Waals surface area contributed by atoms with Gasteiger partial charge in [0.15, 0.2) is 0 Å². The zero-order valence-corrected chi connectivity index (χ0v) is 13.6. The molecule has 1 fully saturated rings. The van der Waals surface area contributed by atoms with Gasteiger partial charge >= 0.3 is 12.1 Å². The molecule has 1 amide bonds. The lowest BCUT2D eigenvalue weighted by Crippen LogP contribution is -2.52. The zero-order chi connectivity index (χ0) is 16.2. The van der Waals surface area contributed by atoms with Crippen LogP contribution in [0, 0.1) is 0 Å². The van der Waals surface area contributed by atoms with Crippen molar-refractivity contribution >= 4 is 23.8 Å². The van der Waals surface area contributed by atoms with Crippen molar-refractivity contribution in [2.75, 3.05) is 5.75 Å². The number of carbonyl (C=O) groups excluding carboxylic acids is 1. The zero-order valence-electron chi connectivity index (χ0n) is 12.8. The molecule has 0 radical (unpaired) electrons. The van der Waals surface area contributed by atoms with Gasteiger partial charge in [-0.05, 0) is 18.4 Å². The van der Waals surface area contributed by atoms with E-state index in [1.807, 2.05) is 44.2 Å². The van der Waals surface area contributed by atoms with Gasteiger partial charge in [-0.15, -0.1) is 11.8 Å². The third-order valence-electron chi connectivity index (χ3n) is 4.05. The summed E-state index contributed by atoms with van der Waals surface area (Å²) in [5.74, 6) is -0.579. The van der Waals surface area contributed by atoms with E-state index < -0.39 is 23.0 Å². The van der Waals surface area contributed by atoms with Gasteiger partial charge in [-0.1, -0.05) is 44.2 Å². The maximum Gasteiger partial charge on any atom is 0.412 e. The maximum atomic E-state index is 12.5. The van der Waals surface area contributed by atoms with Gasteiger partial charge in [0.1, 0.15) is 12.6 Å². The highest BCUT2D eigenvalue weighted by Gasteiger charge is 2.51. The van der Waals surface area contributed by atoms with E-state index in [0.717, 1.165) is 5.56 Å². The second-order valence-corrected chi connectivity index (χ2v) is 6.61. The van der Waals surface area contributed by atoms with Gasteiger partial charge in [0, 0.05) is 5.75 Å². The monoisotopic (exact) mass is 323 g/mol. The van der Waals surface area contributed by atoms with E-state index in [2.05, 4.69) is 0 Å². The van der Waals surface area contributed by atoms with Crippen LogP contribution in [0.3, 0.4) is 0 Å². The number of hydrogen-bond acceptors (Lipinski definition) is 4. The third-order valence-corrected chi connectivity index (χ3v) is 5.85. The molecule has 22 heavy (non-hydrogen) atoms. The number of aliphatic carboxylic acids is 1. The van der Waals surface area contributed by atoms with Crippen LogP contribution < -0.4 is 0 Å². The molecule has 1 saturated heterocycles. The molecule has 120 valence electrons. The largest absolute Gasteiger partial charge is 0.480 e. The van der Waals surface area contributed by atoms with Crippen molar-refractivity contribution in [2.45, 2.75) is 44.2 Å². The molecule has 1 N–H and O–H groups in total. The van der Waals surface area contributed by atoms with E-state index in [1.165, 1.54) is 16.7 Å². The van der Waals surface area contributed by atoms with Crippen LogP contribution >= 0.6 is 11.8 Å². The van der Waals surface area contributed by atoms with Crippen LogP contribution in [0.1, 0.15) is 32.3 Å². The summed E-state index contributed by atoms with van der Waals surface area (Å²) in [5, 5.41) is 9.38. The van der Waals surface area contributed by atoms with Gasteiger partial charge in [-0.2, -0.15) is 0 Å². The molecule has 1 aromatic carbocycles. The molecule has 1 aliphatic heterocycles. The van der Waals surface area contributed by atoms with E-state index in [-0.39, 0.29) is 6.61 Å². The Morgan fingerprint density at radius 3 is 2.50 bits per heavy atom. The first-order valence-electron chi connectivity index (χ1n) is 7.41. The van der Waals surface area contributed by atoms with E-state index in [4.69, 9.17) is 4.74 Å². The molecule has 5 nitrogen and oxygen atoms in total. The molecule has 1 aliphatic rings. The van der Waals surface area contributed by atoms with Crippen molar-refractivity contribution < 1.29 is 19.4 Å². The average molecular weight is 323 g/mol. The number of hydrogen-bond donors (Lipinski definition) is 1. The first-order chi connectivity index (χ1) is 10.5. The smallest absolute Gasteiger partial charge is 0.412 e. The fourth-order valence-corrected chi connectivity index (χ4v) is 4.23. The van der Waals surface area contributed by atoms with Crippen LogP contribution in [-0.4, -0.2) is 38.7 Å². The predicted octanol–water partition coefficient (Wildman–Crippen LogP) is 3.34. The standard InChI is InChI=1S/C16H21NO4S/c1-3-16(4-2)17(13(11-22-16)14(18)19)15(20)21-10-12-8-6-5-7-9-12/h5-9,13H,3-4,10-11H2,1-2H3,(H,18,19). The summed E-state index contributed by atoms with van der Waals surface area (Å²) in [5.41, 5.74) is 0.883. The van der Waals surface area contributed by atoms with E-state index in [9.17, 15) is 14.7 Å². The van der Waals surface area contributed by atoms with Crippen LogP contribution in [0.15, 0.2) is 30.3 Å². The Labute approximate surface area is 134 Å². The fourth-order valence-electron chi connectivity index (χ4n) is 2.72. The molecule has 2 rings (SSSR count).